The molecule has 0 aliphatic carbocycles. The molecular formula is C22H19BrN4O3S. The molecule has 0 radical (unpaired) electrons. The number of hydrogen-bond donors (Lipinski definition) is 1. The zero-order valence-electron chi connectivity index (χ0n) is 16.8. The minimum atomic E-state index is -0.157. The lowest BCUT2D eigenvalue weighted by Gasteiger charge is -2.11. The standard InChI is InChI=1S/C22H19BrN4O3S/c1-29-19-7-4-14(10-20(19)30-2)22-25-16(13-31-22)12-21(28)26-17-11-15(23)5-6-18(17)27-9-3-8-24-27/h3-11,13H,12H2,1-2H3,(H,26,28). The first kappa shape index (κ1) is 21.1. The first-order valence-electron chi connectivity index (χ1n) is 9.33. The number of amides is 1. The smallest absolute Gasteiger partial charge is 0.230 e. The third-order valence-corrected chi connectivity index (χ3v) is 5.94. The second-order valence-electron chi connectivity index (χ2n) is 6.55. The van der Waals surface area contributed by atoms with Crippen molar-refractivity contribution in [1.82, 2.24) is 14.8 Å². The third kappa shape index (κ3) is 4.78. The molecule has 0 bridgehead atoms. The molecule has 0 spiro atoms. The molecule has 0 saturated carbocycles. The molecular weight excluding hydrogens is 480 g/mol. The number of ether oxygens (including phenoxy) is 2. The molecule has 7 nitrogen and oxygen atoms in total. The summed E-state index contributed by atoms with van der Waals surface area (Å²) in [7, 11) is 3.19. The number of thiazole rings is 1. The van der Waals surface area contributed by atoms with E-state index in [4.69, 9.17) is 9.47 Å². The summed E-state index contributed by atoms with van der Waals surface area (Å²) in [5, 5.41) is 9.92. The summed E-state index contributed by atoms with van der Waals surface area (Å²) in [6, 6.07) is 13.1. The molecule has 0 aliphatic heterocycles. The number of halogens is 1. The number of hydrogen-bond acceptors (Lipinski definition) is 6. The maximum absolute atomic E-state index is 12.7. The molecule has 9 heteroatoms. The molecule has 0 unspecified atom stereocenters. The number of methoxy groups -OCH3 is 2. The molecule has 2 heterocycles. The normalized spacial score (nSPS) is 10.7. The monoisotopic (exact) mass is 498 g/mol. The Balaban J connectivity index is 1.50. The summed E-state index contributed by atoms with van der Waals surface area (Å²) in [6.07, 6.45) is 3.68. The summed E-state index contributed by atoms with van der Waals surface area (Å²) in [5.41, 5.74) is 3.05. The van der Waals surface area contributed by atoms with Gasteiger partial charge in [-0.3, -0.25) is 4.79 Å². The summed E-state index contributed by atoms with van der Waals surface area (Å²) < 4.78 is 13.2. The van der Waals surface area contributed by atoms with Crippen LogP contribution in [0.2, 0.25) is 0 Å². The highest BCUT2D eigenvalue weighted by atomic mass is 79.9. The van der Waals surface area contributed by atoms with Gasteiger partial charge >= 0.3 is 0 Å². The average molecular weight is 499 g/mol. The minimum absolute atomic E-state index is 0.157. The summed E-state index contributed by atoms with van der Waals surface area (Å²) in [5.74, 6) is 1.13. The number of nitrogens with one attached hydrogen (secondary N) is 1. The second-order valence-corrected chi connectivity index (χ2v) is 8.32. The van der Waals surface area contributed by atoms with Crippen LogP contribution in [0.15, 0.2) is 64.7 Å². The van der Waals surface area contributed by atoms with Crippen LogP contribution < -0.4 is 14.8 Å². The van der Waals surface area contributed by atoms with Gasteiger partial charge in [-0.1, -0.05) is 15.9 Å². The van der Waals surface area contributed by atoms with Gasteiger partial charge in [0.1, 0.15) is 5.01 Å². The molecule has 2 aromatic heterocycles. The average Bonchev–Trinajstić information content (AvgIpc) is 3.46. The summed E-state index contributed by atoms with van der Waals surface area (Å²) in [4.78, 5) is 17.3. The van der Waals surface area contributed by atoms with Crippen LogP contribution in [0.5, 0.6) is 11.5 Å². The van der Waals surface area contributed by atoms with Crippen LogP contribution in [0.25, 0.3) is 16.3 Å². The predicted molar refractivity (Wildman–Crippen MR) is 124 cm³/mol. The number of carbonyl (C=O) groups is 1. The number of carbonyl (C=O) groups excluding carboxylic acids is 1. The van der Waals surface area contributed by atoms with E-state index >= 15 is 0 Å². The van der Waals surface area contributed by atoms with Gasteiger partial charge in [-0.15, -0.1) is 11.3 Å². The van der Waals surface area contributed by atoms with Gasteiger partial charge in [-0.2, -0.15) is 5.10 Å². The molecule has 4 aromatic rings. The number of benzene rings is 2. The van der Waals surface area contributed by atoms with Gasteiger partial charge in [0.15, 0.2) is 11.5 Å². The van der Waals surface area contributed by atoms with E-state index in [0.717, 1.165) is 20.7 Å². The maximum Gasteiger partial charge on any atom is 0.230 e. The molecule has 0 fully saturated rings. The Hall–Kier alpha value is -3.17. The van der Waals surface area contributed by atoms with Gasteiger partial charge in [0.05, 0.1) is 37.7 Å². The minimum Gasteiger partial charge on any atom is -0.493 e. The van der Waals surface area contributed by atoms with E-state index in [1.54, 1.807) is 25.1 Å². The highest BCUT2D eigenvalue weighted by Crippen LogP contribution is 2.33. The Morgan fingerprint density at radius 1 is 1.16 bits per heavy atom. The van der Waals surface area contributed by atoms with Crippen LogP contribution in [0, 0.1) is 0 Å². The van der Waals surface area contributed by atoms with Crippen molar-refractivity contribution < 1.29 is 14.3 Å². The van der Waals surface area contributed by atoms with Crippen molar-refractivity contribution in [2.45, 2.75) is 6.42 Å². The van der Waals surface area contributed by atoms with Crippen molar-refractivity contribution >= 4 is 38.9 Å². The van der Waals surface area contributed by atoms with Crippen LogP contribution in [-0.4, -0.2) is 34.9 Å². The molecule has 0 saturated heterocycles. The van der Waals surface area contributed by atoms with Crippen LogP contribution >= 0.6 is 27.3 Å². The van der Waals surface area contributed by atoms with Gasteiger partial charge in [-0.05, 0) is 42.5 Å². The van der Waals surface area contributed by atoms with Crippen LogP contribution in [0.3, 0.4) is 0 Å². The fourth-order valence-electron chi connectivity index (χ4n) is 3.07. The molecule has 2 aromatic carbocycles. The van der Waals surface area contributed by atoms with E-state index in [2.05, 4.69) is 31.3 Å². The van der Waals surface area contributed by atoms with E-state index in [1.165, 1.54) is 11.3 Å². The molecule has 4 rings (SSSR count). The van der Waals surface area contributed by atoms with Gasteiger partial charge in [0.25, 0.3) is 0 Å². The van der Waals surface area contributed by atoms with Crippen molar-refractivity contribution in [3.8, 4) is 27.8 Å². The lowest BCUT2D eigenvalue weighted by molar-refractivity contribution is -0.115. The Kier molecular flexibility index (Phi) is 6.34. The molecule has 0 atom stereocenters. The van der Waals surface area contributed by atoms with Gasteiger partial charge in [0, 0.05) is 27.8 Å². The SMILES string of the molecule is COc1ccc(-c2nc(CC(=O)Nc3cc(Br)ccc3-n3cccn3)cs2)cc1OC. The number of aromatic nitrogens is 3. The summed E-state index contributed by atoms with van der Waals surface area (Å²) in [6.45, 7) is 0. The number of nitrogens with zero attached hydrogens (tertiary/aromatic N) is 3. The lowest BCUT2D eigenvalue weighted by Crippen LogP contribution is -2.16. The zero-order chi connectivity index (χ0) is 21.8. The van der Waals surface area contributed by atoms with Crippen molar-refractivity contribution in [1.29, 1.82) is 0 Å². The van der Waals surface area contributed by atoms with Crippen molar-refractivity contribution in [2.24, 2.45) is 0 Å². The Labute approximate surface area is 191 Å². The molecule has 1 amide bonds. The van der Waals surface area contributed by atoms with E-state index in [-0.39, 0.29) is 12.3 Å². The van der Waals surface area contributed by atoms with Crippen LogP contribution in [0.4, 0.5) is 5.69 Å². The van der Waals surface area contributed by atoms with E-state index in [9.17, 15) is 4.79 Å². The highest BCUT2D eigenvalue weighted by Gasteiger charge is 2.14. The fourth-order valence-corrected chi connectivity index (χ4v) is 4.25. The Morgan fingerprint density at radius 3 is 2.74 bits per heavy atom. The third-order valence-electron chi connectivity index (χ3n) is 4.51. The number of rotatable bonds is 7. The Morgan fingerprint density at radius 2 is 2.00 bits per heavy atom. The van der Waals surface area contributed by atoms with Crippen LogP contribution in [0.1, 0.15) is 5.69 Å². The first-order chi connectivity index (χ1) is 15.1. The first-order valence-corrected chi connectivity index (χ1v) is 11.0. The van der Waals surface area contributed by atoms with Gasteiger partial charge in [0.2, 0.25) is 5.91 Å². The topological polar surface area (TPSA) is 78.3 Å². The molecule has 158 valence electrons. The maximum atomic E-state index is 12.7. The van der Waals surface area contributed by atoms with Crippen molar-refractivity contribution in [3.05, 3.63) is 70.4 Å². The van der Waals surface area contributed by atoms with Crippen molar-refractivity contribution in [3.63, 3.8) is 0 Å². The van der Waals surface area contributed by atoms with Gasteiger partial charge in [-0.25, -0.2) is 9.67 Å². The quantitative estimate of drug-likeness (QED) is 0.389. The number of anilines is 1. The molecule has 0 aliphatic rings. The fraction of sp³-hybridized carbons (Fsp3) is 0.136. The highest BCUT2D eigenvalue weighted by molar-refractivity contribution is 9.10. The summed E-state index contributed by atoms with van der Waals surface area (Å²) >= 11 is 4.93. The van der Waals surface area contributed by atoms with E-state index < -0.39 is 0 Å². The lowest BCUT2D eigenvalue weighted by atomic mass is 10.2. The zero-order valence-corrected chi connectivity index (χ0v) is 19.2. The Bertz CT molecular complexity index is 1210. The van der Waals surface area contributed by atoms with Crippen LogP contribution in [-0.2, 0) is 11.2 Å². The van der Waals surface area contributed by atoms with Crippen molar-refractivity contribution in [2.75, 3.05) is 19.5 Å². The predicted octanol–water partition coefficient (Wildman–Crippen LogP) is 4.96. The van der Waals surface area contributed by atoms with E-state index in [0.29, 0.717) is 22.9 Å². The van der Waals surface area contributed by atoms with Gasteiger partial charge < -0.3 is 14.8 Å². The van der Waals surface area contributed by atoms with E-state index in [1.807, 2.05) is 54.0 Å². The largest absolute Gasteiger partial charge is 0.493 e. The molecule has 31 heavy (non-hydrogen) atoms. The molecule has 1 N–H and O–H groups in total. The second kappa shape index (κ2) is 9.32.